The Morgan fingerprint density at radius 1 is 1.26 bits per heavy atom. The third-order valence-electron chi connectivity index (χ3n) is 3.40. The van der Waals surface area contributed by atoms with Crippen LogP contribution in [0.25, 0.3) is 0 Å². The van der Waals surface area contributed by atoms with Crippen LogP contribution in [0.5, 0.6) is 5.75 Å². The monoisotopic (exact) mass is 264 g/mol. The second-order valence-electron chi connectivity index (χ2n) is 4.88. The van der Waals surface area contributed by atoms with Gasteiger partial charge in [-0.15, -0.1) is 0 Å². The lowest BCUT2D eigenvalue weighted by Gasteiger charge is -2.29. The minimum atomic E-state index is -0.164. The van der Waals surface area contributed by atoms with Gasteiger partial charge in [-0.25, -0.2) is 0 Å². The zero-order chi connectivity index (χ0) is 13.7. The van der Waals surface area contributed by atoms with Crippen molar-refractivity contribution in [1.82, 2.24) is 10.2 Å². The molecule has 1 saturated heterocycles. The average molecular weight is 264 g/mol. The molecule has 2 rings (SSSR count). The number of rotatable bonds is 4. The lowest BCUT2D eigenvalue weighted by molar-refractivity contribution is 0.0804. The van der Waals surface area contributed by atoms with Crippen molar-refractivity contribution in [3.8, 4) is 5.75 Å². The Hall–Kier alpha value is -1.59. The van der Waals surface area contributed by atoms with Gasteiger partial charge in [-0.2, -0.15) is 0 Å². The molecule has 0 spiro atoms. The molecule has 0 aromatic heterocycles. The summed E-state index contributed by atoms with van der Waals surface area (Å²) in [4.78, 5) is 14.0. The summed E-state index contributed by atoms with van der Waals surface area (Å²) >= 11 is 0. The fraction of sp³-hybridized carbons (Fsp3) is 0.500. The van der Waals surface area contributed by atoms with Crippen LogP contribution in [0.4, 0.5) is 0 Å². The summed E-state index contributed by atoms with van der Waals surface area (Å²) in [7, 11) is 0. The number of amides is 1. The quantitative estimate of drug-likeness (QED) is 0.744. The summed E-state index contributed by atoms with van der Waals surface area (Å²) in [6.45, 7) is 3.17. The Morgan fingerprint density at radius 3 is 2.53 bits per heavy atom. The van der Waals surface area contributed by atoms with Crippen molar-refractivity contribution >= 4 is 5.91 Å². The Labute approximate surface area is 112 Å². The number of phenols is 1. The van der Waals surface area contributed by atoms with Gasteiger partial charge in [0.1, 0.15) is 5.75 Å². The van der Waals surface area contributed by atoms with E-state index in [1.807, 2.05) is 0 Å². The van der Waals surface area contributed by atoms with E-state index >= 15 is 0 Å². The number of piperidine rings is 1. The molecule has 0 aliphatic carbocycles. The fourth-order valence-corrected chi connectivity index (χ4v) is 2.19. The molecule has 0 radical (unpaired) electrons. The molecule has 1 aliphatic rings. The third-order valence-corrected chi connectivity index (χ3v) is 3.40. The van der Waals surface area contributed by atoms with Gasteiger partial charge < -0.3 is 20.4 Å². The molecule has 19 heavy (non-hydrogen) atoms. The number of aliphatic hydroxyl groups excluding tert-OH is 1. The largest absolute Gasteiger partial charge is 0.508 e. The highest BCUT2D eigenvalue weighted by Crippen LogP contribution is 2.10. The predicted molar refractivity (Wildman–Crippen MR) is 72.1 cm³/mol. The number of nitrogens with one attached hydrogen (secondary N) is 1. The maximum atomic E-state index is 11.8. The molecule has 1 amide bonds. The number of nitrogens with zero attached hydrogens (tertiary/aromatic N) is 1. The molecule has 1 aliphatic heterocycles. The normalized spacial score (nSPS) is 17.3. The summed E-state index contributed by atoms with van der Waals surface area (Å²) in [5.41, 5.74) is 0.548. The van der Waals surface area contributed by atoms with Gasteiger partial charge in [0.05, 0.1) is 6.10 Å². The van der Waals surface area contributed by atoms with Crippen LogP contribution in [0.2, 0.25) is 0 Å². The van der Waals surface area contributed by atoms with E-state index in [9.17, 15) is 9.90 Å². The number of aromatic hydroxyl groups is 1. The van der Waals surface area contributed by atoms with Crippen LogP contribution in [0.3, 0.4) is 0 Å². The van der Waals surface area contributed by atoms with Crippen LogP contribution < -0.4 is 5.32 Å². The molecule has 1 aromatic carbocycles. The van der Waals surface area contributed by atoms with Crippen molar-refractivity contribution in [2.24, 2.45) is 0 Å². The molecule has 1 fully saturated rings. The molecule has 104 valence electrons. The number of aliphatic hydroxyl groups is 1. The number of carbonyl (C=O) groups excluding carboxylic acids is 1. The number of benzene rings is 1. The number of hydrogen-bond acceptors (Lipinski definition) is 4. The van der Waals surface area contributed by atoms with Gasteiger partial charge in [-0.1, -0.05) is 0 Å². The standard InChI is InChI=1S/C14H20N2O3/c17-12-3-1-11(2-4-12)14(19)15-7-10-16-8-5-13(18)6-9-16/h1-4,13,17-18H,5-10H2,(H,15,19). The van der Waals surface area contributed by atoms with Crippen LogP contribution >= 0.6 is 0 Å². The van der Waals surface area contributed by atoms with Crippen LogP contribution in [0, 0.1) is 0 Å². The lowest BCUT2D eigenvalue weighted by atomic mass is 10.1. The molecule has 1 heterocycles. The topological polar surface area (TPSA) is 72.8 Å². The van der Waals surface area contributed by atoms with E-state index in [-0.39, 0.29) is 17.8 Å². The van der Waals surface area contributed by atoms with E-state index < -0.39 is 0 Å². The van der Waals surface area contributed by atoms with E-state index in [4.69, 9.17) is 5.11 Å². The van der Waals surface area contributed by atoms with Crippen molar-refractivity contribution in [1.29, 1.82) is 0 Å². The summed E-state index contributed by atoms with van der Waals surface area (Å²) in [5, 5.41) is 21.4. The molecular weight excluding hydrogens is 244 g/mol. The molecule has 0 unspecified atom stereocenters. The van der Waals surface area contributed by atoms with Crippen LogP contribution in [-0.2, 0) is 0 Å². The minimum absolute atomic E-state index is 0.128. The molecule has 0 bridgehead atoms. The predicted octanol–water partition coefficient (Wildman–Crippen LogP) is 0.579. The lowest BCUT2D eigenvalue weighted by Crippen LogP contribution is -2.40. The van der Waals surface area contributed by atoms with Gasteiger partial charge in [-0.05, 0) is 37.1 Å². The fourth-order valence-electron chi connectivity index (χ4n) is 2.19. The first-order valence-corrected chi connectivity index (χ1v) is 6.63. The Balaban J connectivity index is 1.70. The molecule has 1 aromatic rings. The van der Waals surface area contributed by atoms with Crippen molar-refractivity contribution in [3.63, 3.8) is 0 Å². The van der Waals surface area contributed by atoms with Crippen molar-refractivity contribution in [2.45, 2.75) is 18.9 Å². The molecule has 3 N–H and O–H groups in total. The molecule has 0 saturated carbocycles. The zero-order valence-corrected chi connectivity index (χ0v) is 10.9. The summed E-state index contributed by atoms with van der Waals surface area (Å²) in [6, 6.07) is 6.20. The number of carbonyl (C=O) groups is 1. The number of hydrogen-bond donors (Lipinski definition) is 3. The van der Waals surface area contributed by atoms with Gasteiger partial charge in [0.25, 0.3) is 5.91 Å². The van der Waals surface area contributed by atoms with E-state index in [1.165, 1.54) is 12.1 Å². The molecule has 5 nitrogen and oxygen atoms in total. The Kier molecular flexibility index (Phi) is 4.76. The summed E-state index contributed by atoms with van der Waals surface area (Å²) < 4.78 is 0. The van der Waals surface area contributed by atoms with Gasteiger partial charge in [0.15, 0.2) is 0 Å². The van der Waals surface area contributed by atoms with Gasteiger partial charge in [-0.3, -0.25) is 4.79 Å². The Bertz CT molecular complexity index is 411. The maximum absolute atomic E-state index is 11.8. The minimum Gasteiger partial charge on any atom is -0.508 e. The van der Waals surface area contributed by atoms with E-state index in [0.717, 1.165) is 32.5 Å². The van der Waals surface area contributed by atoms with Crippen molar-refractivity contribution in [2.75, 3.05) is 26.2 Å². The van der Waals surface area contributed by atoms with E-state index in [2.05, 4.69) is 10.2 Å². The highest BCUT2D eigenvalue weighted by molar-refractivity contribution is 5.94. The number of phenolic OH excluding ortho intramolecular Hbond substituents is 1. The maximum Gasteiger partial charge on any atom is 0.251 e. The first-order valence-electron chi connectivity index (χ1n) is 6.63. The highest BCUT2D eigenvalue weighted by atomic mass is 16.3. The second-order valence-corrected chi connectivity index (χ2v) is 4.88. The second kappa shape index (κ2) is 6.54. The van der Waals surface area contributed by atoms with Crippen molar-refractivity contribution in [3.05, 3.63) is 29.8 Å². The smallest absolute Gasteiger partial charge is 0.251 e. The van der Waals surface area contributed by atoms with E-state index in [1.54, 1.807) is 12.1 Å². The van der Waals surface area contributed by atoms with Crippen LogP contribution in [0.1, 0.15) is 23.2 Å². The first kappa shape index (κ1) is 13.8. The van der Waals surface area contributed by atoms with Crippen molar-refractivity contribution < 1.29 is 15.0 Å². The molecule has 0 atom stereocenters. The number of likely N-dealkylation sites (tertiary alicyclic amines) is 1. The van der Waals surface area contributed by atoms with Crippen LogP contribution in [0.15, 0.2) is 24.3 Å². The molecule has 5 heteroatoms. The Morgan fingerprint density at radius 2 is 1.89 bits per heavy atom. The van der Waals surface area contributed by atoms with E-state index in [0.29, 0.717) is 12.1 Å². The molecular formula is C14H20N2O3. The van der Waals surface area contributed by atoms with Gasteiger partial charge in [0.2, 0.25) is 0 Å². The highest BCUT2D eigenvalue weighted by Gasteiger charge is 2.16. The first-order chi connectivity index (χ1) is 9.15. The van der Waals surface area contributed by atoms with Gasteiger partial charge >= 0.3 is 0 Å². The third kappa shape index (κ3) is 4.22. The average Bonchev–Trinajstić information content (AvgIpc) is 2.41. The zero-order valence-electron chi connectivity index (χ0n) is 10.9. The SMILES string of the molecule is O=C(NCCN1CCC(O)CC1)c1ccc(O)cc1. The van der Waals surface area contributed by atoms with Gasteiger partial charge in [0, 0.05) is 31.7 Å². The summed E-state index contributed by atoms with van der Waals surface area (Å²) in [6.07, 6.45) is 1.46. The van der Waals surface area contributed by atoms with Crippen LogP contribution in [-0.4, -0.2) is 53.3 Å². The summed E-state index contributed by atoms with van der Waals surface area (Å²) in [5.74, 6) is 0.0282.